The Balaban J connectivity index is 1.74. The van der Waals surface area contributed by atoms with E-state index < -0.39 is 69.2 Å². The minimum atomic E-state index is -5.91. The van der Waals surface area contributed by atoms with Crippen molar-refractivity contribution in [2.24, 2.45) is 0 Å². The van der Waals surface area contributed by atoms with E-state index in [0.29, 0.717) is 49.1 Å². The van der Waals surface area contributed by atoms with Gasteiger partial charge in [-0.25, -0.2) is 8.78 Å². The van der Waals surface area contributed by atoms with Crippen LogP contribution in [0.25, 0.3) is 6.08 Å². The standard InChI is InChI=1S/C26H16F10O3/c1-2-18-19(27)21(29)23(22(30)20(18)28)39-16-9-5-14(6-10-16)24(25(31,32)33,26(34,35)36)13-3-7-15(8-4-13)37-11-17-12-38-17/h2-10,17H,1,11-12H2. The molecule has 1 unspecified atom stereocenters. The maximum absolute atomic E-state index is 14.3. The van der Waals surface area contributed by atoms with Gasteiger partial charge in [0.1, 0.15) is 24.2 Å². The van der Waals surface area contributed by atoms with Gasteiger partial charge in [-0.05, 0) is 35.4 Å². The molecule has 0 saturated carbocycles. The van der Waals surface area contributed by atoms with Crippen LogP contribution in [0.2, 0.25) is 0 Å². The average Bonchev–Trinajstić information content (AvgIpc) is 3.69. The summed E-state index contributed by atoms with van der Waals surface area (Å²) in [6.07, 6.45) is -11.5. The Morgan fingerprint density at radius 1 is 0.744 bits per heavy atom. The van der Waals surface area contributed by atoms with Crippen LogP contribution >= 0.6 is 0 Å². The molecule has 0 aliphatic carbocycles. The van der Waals surface area contributed by atoms with Crippen LogP contribution in [0, 0.1) is 23.3 Å². The predicted molar refractivity (Wildman–Crippen MR) is 117 cm³/mol. The summed E-state index contributed by atoms with van der Waals surface area (Å²) in [5.41, 5.74) is -8.16. The molecule has 3 aromatic carbocycles. The monoisotopic (exact) mass is 566 g/mol. The molecule has 4 rings (SSSR count). The molecular formula is C26H16F10O3. The number of epoxide rings is 1. The van der Waals surface area contributed by atoms with Gasteiger partial charge in [0.05, 0.1) is 12.2 Å². The van der Waals surface area contributed by atoms with Crippen molar-refractivity contribution in [1.29, 1.82) is 0 Å². The van der Waals surface area contributed by atoms with Crippen molar-refractivity contribution < 1.29 is 58.1 Å². The Bertz CT molecular complexity index is 1320. The summed E-state index contributed by atoms with van der Waals surface area (Å²) in [5.74, 6) is -9.96. The second kappa shape index (κ2) is 10.1. The van der Waals surface area contributed by atoms with E-state index in [9.17, 15) is 43.9 Å². The maximum atomic E-state index is 14.3. The van der Waals surface area contributed by atoms with Crippen molar-refractivity contribution in [3.8, 4) is 17.2 Å². The first kappa shape index (κ1) is 28.3. The minimum Gasteiger partial charge on any atom is -0.491 e. The van der Waals surface area contributed by atoms with Gasteiger partial charge in [-0.15, -0.1) is 0 Å². The van der Waals surface area contributed by atoms with Gasteiger partial charge in [0.15, 0.2) is 11.6 Å². The quantitative estimate of drug-likeness (QED) is 0.158. The lowest BCUT2D eigenvalue weighted by Gasteiger charge is -2.38. The van der Waals surface area contributed by atoms with E-state index in [1.165, 1.54) is 0 Å². The van der Waals surface area contributed by atoms with Crippen LogP contribution in [0.3, 0.4) is 0 Å². The lowest BCUT2D eigenvalue weighted by molar-refractivity contribution is -0.288. The molecule has 1 atom stereocenters. The predicted octanol–water partition coefficient (Wildman–Crippen LogP) is 7.87. The molecule has 0 N–H and O–H groups in total. The summed E-state index contributed by atoms with van der Waals surface area (Å²) in [6, 6.07) is 4.98. The fourth-order valence-electron chi connectivity index (χ4n) is 3.92. The number of hydrogen-bond donors (Lipinski definition) is 0. The molecule has 1 aliphatic heterocycles. The molecule has 0 amide bonds. The fourth-order valence-corrected chi connectivity index (χ4v) is 3.92. The summed E-state index contributed by atoms with van der Waals surface area (Å²) < 4.78 is 157. The van der Waals surface area contributed by atoms with Gasteiger partial charge in [0.25, 0.3) is 0 Å². The van der Waals surface area contributed by atoms with E-state index in [0.717, 1.165) is 12.1 Å². The highest BCUT2D eigenvalue weighted by Crippen LogP contribution is 2.56. The molecule has 1 aliphatic rings. The number of hydrogen-bond acceptors (Lipinski definition) is 3. The van der Waals surface area contributed by atoms with Gasteiger partial charge in [0, 0.05) is 0 Å². The molecular weight excluding hydrogens is 550 g/mol. The highest BCUT2D eigenvalue weighted by Gasteiger charge is 2.72. The molecule has 3 aromatic rings. The third-order valence-electron chi connectivity index (χ3n) is 5.94. The SMILES string of the molecule is C=Cc1c(F)c(F)c(Oc2ccc(C(c3ccc(OCC4CO4)cc3)(C(F)(F)F)C(F)(F)F)cc2)c(F)c1F. The lowest BCUT2D eigenvalue weighted by Crippen LogP contribution is -2.54. The van der Waals surface area contributed by atoms with Gasteiger partial charge in [-0.3, -0.25) is 0 Å². The summed E-state index contributed by atoms with van der Waals surface area (Å²) in [7, 11) is 0. The van der Waals surface area contributed by atoms with Crippen LogP contribution in [0.5, 0.6) is 17.2 Å². The van der Waals surface area contributed by atoms with Gasteiger partial charge >= 0.3 is 12.4 Å². The highest BCUT2D eigenvalue weighted by molar-refractivity contribution is 5.53. The zero-order chi connectivity index (χ0) is 28.8. The molecule has 0 radical (unpaired) electrons. The number of rotatable bonds is 8. The third-order valence-corrected chi connectivity index (χ3v) is 5.94. The van der Waals surface area contributed by atoms with Crippen molar-refractivity contribution >= 4 is 6.08 Å². The molecule has 208 valence electrons. The van der Waals surface area contributed by atoms with Crippen LogP contribution in [0.15, 0.2) is 55.1 Å². The Hall–Kier alpha value is -3.74. The summed E-state index contributed by atoms with van der Waals surface area (Å²) in [5, 5.41) is 0. The van der Waals surface area contributed by atoms with Crippen molar-refractivity contribution in [2.75, 3.05) is 13.2 Å². The van der Waals surface area contributed by atoms with E-state index in [-0.39, 0.29) is 18.5 Å². The molecule has 0 aromatic heterocycles. The van der Waals surface area contributed by atoms with Gasteiger partial charge in [-0.1, -0.05) is 36.9 Å². The molecule has 13 heteroatoms. The molecule has 1 fully saturated rings. The fraction of sp³-hybridized carbons (Fsp3) is 0.231. The van der Waals surface area contributed by atoms with E-state index in [1.807, 2.05) is 0 Å². The number of benzene rings is 3. The van der Waals surface area contributed by atoms with E-state index >= 15 is 0 Å². The first-order valence-electron chi connectivity index (χ1n) is 11.0. The van der Waals surface area contributed by atoms with Gasteiger partial charge < -0.3 is 14.2 Å². The average molecular weight is 566 g/mol. The number of halogens is 10. The Kier molecular flexibility index (Phi) is 7.32. The third kappa shape index (κ3) is 5.02. The molecule has 3 nitrogen and oxygen atoms in total. The van der Waals surface area contributed by atoms with Crippen molar-refractivity contribution in [1.82, 2.24) is 0 Å². The van der Waals surface area contributed by atoms with Crippen LogP contribution in [-0.4, -0.2) is 31.7 Å². The topological polar surface area (TPSA) is 31.0 Å². The summed E-state index contributed by atoms with van der Waals surface area (Å²) in [6.45, 7) is 3.51. The number of ether oxygens (including phenoxy) is 3. The molecule has 0 bridgehead atoms. The van der Waals surface area contributed by atoms with Crippen molar-refractivity contribution in [2.45, 2.75) is 23.9 Å². The van der Waals surface area contributed by atoms with Gasteiger partial charge in [0.2, 0.25) is 22.8 Å². The largest absolute Gasteiger partial charge is 0.491 e. The Morgan fingerprint density at radius 2 is 1.18 bits per heavy atom. The van der Waals surface area contributed by atoms with E-state index in [2.05, 4.69) is 6.58 Å². The molecule has 39 heavy (non-hydrogen) atoms. The molecule has 0 spiro atoms. The highest BCUT2D eigenvalue weighted by atomic mass is 19.4. The van der Waals surface area contributed by atoms with Crippen LogP contribution in [0.4, 0.5) is 43.9 Å². The lowest BCUT2D eigenvalue weighted by atomic mass is 9.73. The van der Waals surface area contributed by atoms with E-state index in [4.69, 9.17) is 14.2 Å². The molecule has 1 saturated heterocycles. The minimum absolute atomic E-state index is 0.0160. The number of alkyl halides is 6. The summed E-state index contributed by atoms with van der Waals surface area (Å²) in [4.78, 5) is 0. The Labute approximate surface area is 214 Å². The smallest absolute Gasteiger partial charge is 0.411 e. The second-order valence-corrected chi connectivity index (χ2v) is 8.37. The van der Waals surface area contributed by atoms with Gasteiger partial charge in [-0.2, -0.15) is 35.1 Å². The maximum Gasteiger partial charge on any atom is 0.411 e. The zero-order valence-corrected chi connectivity index (χ0v) is 19.4. The zero-order valence-electron chi connectivity index (χ0n) is 19.4. The first-order chi connectivity index (χ1) is 18.2. The Morgan fingerprint density at radius 3 is 1.56 bits per heavy atom. The van der Waals surface area contributed by atoms with Crippen LogP contribution in [-0.2, 0) is 10.2 Å². The van der Waals surface area contributed by atoms with Crippen molar-refractivity contribution in [3.63, 3.8) is 0 Å². The van der Waals surface area contributed by atoms with Crippen LogP contribution in [0.1, 0.15) is 16.7 Å². The van der Waals surface area contributed by atoms with Crippen LogP contribution < -0.4 is 9.47 Å². The summed E-state index contributed by atoms with van der Waals surface area (Å²) >= 11 is 0. The first-order valence-corrected chi connectivity index (χ1v) is 11.0. The second-order valence-electron chi connectivity index (χ2n) is 8.37. The van der Waals surface area contributed by atoms with E-state index in [1.54, 1.807) is 0 Å². The van der Waals surface area contributed by atoms with Crippen molar-refractivity contribution in [3.05, 3.63) is 95.1 Å². The normalized spacial score (nSPS) is 15.7. The molecule has 1 heterocycles.